The number of ether oxygens (including phenoxy) is 1. The van der Waals surface area contributed by atoms with Crippen molar-refractivity contribution in [3.8, 4) is 22.6 Å². The third-order valence-electron chi connectivity index (χ3n) is 4.14. The summed E-state index contributed by atoms with van der Waals surface area (Å²) in [6.45, 7) is 0.460. The Bertz CT molecular complexity index is 1050. The monoisotopic (exact) mass is 364 g/mol. The summed E-state index contributed by atoms with van der Waals surface area (Å²) in [6, 6.07) is 17.9. The van der Waals surface area contributed by atoms with E-state index in [1.807, 2.05) is 65.4 Å². The van der Waals surface area contributed by atoms with E-state index in [4.69, 9.17) is 22.1 Å². The lowest BCUT2D eigenvalue weighted by molar-refractivity contribution is 0.342. The highest BCUT2D eigenvalue weighted by atomic mass is 35.5. The fourth-order valence-corrected chi connectivity index (χ4v) is 3.08. The van der Waals surface area contributed by atoms with E-state index in [2.05, 4.69) is 9.97 Å². The van der Waals surface area contributed by atoms with Crippen LogP contribution in [0.3, 0.4) is 0 Å². The van der Waals surface area contributed by atoms with Gasteiger partial charge in [-0.2, -0.15) is 0 Å². The first-order chi connectivity index (χ1) is 12.8. The summed E-state index contributed by atoms with van der Waals surface area (Å²) in [4.78, 5) is 8.64. The Morgan fingerprint density at radius 1 is 1.04 bits per heavy atom. The first-order valence-electron chi connectivity index (χ1n) is 8.24. The van der Waals surface area contributed by atoms with Gasteiger partial charge in [0.15, 0.2) is 5.65 Å². The zero-order valence-electron chi connectivity index (χ0n) is 14.0. The molecule has 2 aromatic carbocycles. The minimum atomic E-state index is 0.443. The van der Waals surface area contributed by atoms with Crippen LogP contribution in [0.1, 0.15) is 0 Å². The quantitative estimate of drug-likeness (QED) is 0.536. The van der Waals surface area contributed by atoms with Gasteiger partial charge in [-0.15, -0.1) is 11.6 Å². The van der Waals surface area contributed by atoms with Crippen molar-refractivity contribution in [1.82, 2.24) is 14.5 Å². The average Bonchev–Trinajstić information content (AvgIpc) is 3.08. The van der Waals surface area contributed by atoms with Gasteiger partial charge in [-0.1, -0.05) is 36.4 Å². The van der Waals surface area contributed by atoms with Crippen molar-refractivity contribution in [2.75, 3.05) is 18.2 Å². The van der Waals surface area contributed by atoms with E-state index in [0.717, 1.165) is 33.6 Å². The Kier molecular flexibility index (Phi) is 4.46. The molecule has 0 unspecified atom stereocenters. The first-order valence-corrected chi connectivity index (χ1v) is 8.77. The summed E-state index contributed by atoms with van der Waals surface area (Å²) in [6.07, 6.45) is 3.52. The van der Waals surface area contributed by atoms with Crippen LogP contribution < -0.4 is 10.5 Å². The SMILES string of the molecule is Nc1ncnc2c1c(-c1ccccc1)cn2-c1cccc(OCCCl)c1. The molecule has 2 aromatic heterocycles. The molecule has 0 aliphatic heterocycles. The highest BCUT2D eigenvalue weighted by Crippen LogP contribution is 2.34. The molecule has 0 atom stereocenters. The second-order valence-electron chi connectivity index (χ2n) is 5.77. The predicted octanol–water partition coefficient (Wildman–Crippen LogP) is 4.29. The maximum Gasteiger partial charge on any atom is 0.150 e. The molecule has 5 nitrogen and oxygen atoms in total. The van der Waals surface area contributed by atoms with Gasteiger partial charge >= 0.3 is 0 Å². The van der Waals surface area contributed by atoms with Crippen LogP contribution >= 0.6 is 11.6 Å². The number of halogens is 1. The number of nitrogen functional groups attached to an aromatic ring is 1. The standard InChI is InChI=1S/C20H17ClN4O/c21-9-10-26-16-8-4-7-15(11-16)25-12-17(14-5-2-1-3-6-14)18-19(22)23-13-24-20(18)25/h1-8,11-13H,9-10H2,(H2,22,23,24). The molecule has 2 N–H and O–H groups in total. The molecular formula is C20H17ClN4O. The van der Waals surface area contributed by atoms with Crippen molar-refractivity contribution in [2.24, 2.45) is 0 Å². The van der Waals surface area contributed by atoms with Gasteiger partial charge in [-0.3, -0.25) is 0 Å². The molecule has 0 fully saturated rings. The smallest absolute Gasteiger partial charge is 0.150 e. The number of nitrogens with two attached hydrogens (primary N) is 1. The fraction of sp³-hybridized carbons (Fsp3) is 0.100. The number of benzene rings is 2. The van der Waals surface area contributed by atoms with Crippen molar-refractivity contribution in [2.45, 2.75) is 0 Å². The van der Waals surface area contributed by atoms with Crippen LogP contribution in [0, 0.1) is 0 Å². The van der Waals surface area contributed by atoms with Crippen LogP contribution in [0.15, 0.2) is 67.1 Å². The van der Waals surface area contributed by atoms with Gasteiger partial charge in [0.2, 0.25) is 0 Å². The summed E-state index contributed by atoms with van der Waals surface area (Å²) in [5.41, 5.74) is 9.92. The van der Waals surface area contributed by atoms with Crippen LogP contribution in [0.5, 0.6) is 5.75 Å². The molecule has 0 radical (unpaired) electrons. The number of hydrogen-bond donors (Lipinski definition) is 1. The Morgan fingerprint density at radius 2 is 1.88 bits per heavy atom. The third-order valence-corrected chi connectivity index (χ3v) is 4.29. The molecule has 0 bridgehead atoms. The van der Waals surface area contributed by atoms with Gasteiger partial charge < -0.3 is 15.0 Å². The van der Waals surface area contributed by atoms with E-state index in [9.17, 15) is 0 Å². The lowest BCUT2D eigenvalue weighted by Crippen LogP contribution is -2.00. The predicted molar refractivity (Wildman–Crippen MR) is 105 cm³/mol. The maximum atomic E-state index is 6.18. The van der Waals surface area contributed by atoms with Gasteiger partial charge in [0.25, 0.3) is 0 Å². The second kappa shape index (κ2) is 7.06. The van der Waals surface area contributed by atoms with Crippen LogP contribution in [0.25, 0.3) is 27.8 Å². The van der Waals surface area contributed by atoms with Gasteiger partial charge in [0.05, 0.1) is 17.0 Å². The molecule has 0 aliphatic carbocycles. The highest BCUT2D eigenvalue weighted by Gasteiger charge is 2.16. The van der Waals surface area contributed by atoms with Crippen molar-refractivity contribution >= 4 is 28.5 Å². The lowest BCUT2D eigenvalue weighted by atomic mass is 10.1. The average molecular weight is 365 g/mol. The topological polar surface area (TPSA) is 66.0 Å². The molecule has 26 heavy (non-hydrogen) atoms. The normalized spacial score (nSPS) is 11.0. The summed E-state index contributed by atoms with van der Waals surface area (Å²) in [5.74, 6) is 1.66. The molecule has 0 saturated carbocycles. The van der Waals surface area contributed by atoms with Crippen molar-refractivity contribution in [3.63, 3.8) is 0 Å². The van der Waals surface area contributed by atoms with Gasteiger partial charge in [-0.05, 0) is 17.7 Å². The van der Waals surface area contributed by atoms with E-state index in [-0.39, 0.29) is 0 Å². The number of anilines is 1. The molecule has 2 heterocycles. The molecule has 0 amide bonds. The van der Waals surface area contributed by atoms with Crippen LogP contribution in [-0.4, -0.2) is 27.0 Å². The fourth-order valence-electron chi connectivity index (χ4n) is 3.00. The molecule has 6 heteroatoms. The molecule has 0 spiro atoms. The summed E-state index contributed by atoms with van der Waals surface area (Å²) in [7, 11) is 0. The van der Waals surface area contributed by atoms with Crippen molar-refractivity contribution in [3.05, 3.63) is 67.1 Å². The molecule has 130 valence electrons. The minimum absolute atomic E-state index is 0.443. The van der Waals surface area contributed by atoms with E-state index in [1.54, 1.807) is 0 Å². The zero-order valence-corrected chi connectivity index (χ0v) is 14.7. The number of rotatable bonds is 5. The van der Waals surface area contributed by atoms with Crippen molar-refractivity contribution < 1.29 is 4.74 Å². The van der Waals surface area contributed by atoms with E-state index in [0.29, 0.717) is 18.3 Å². The lowest BCUT2D eigenvalue weighted by Gasteiger charge is -2.08. The first kappa shape index (κ1) is 16.4. The number of fused-ring (bicyclic) bond motifs is 1. The Morgan fingerprint density at radius 3 is 2.69 bits per heavy atom. The number of nitrogens with zero attached hydrogens (tertiary/aromatic N) is 3. The largest absolute Gasteiger partial charge is 0.492 e. The van der Waals surface area contributed by atoms with E-state index >= 15 is 0 Å². The Hall–Kier alpha value is -3.05. The van der Waals surface area contributed by atoms with Crippen LogP contribution in [0.2, 0.25) is 0 Å². The van der Waals surface area contributed by atoms with Gasteiger partial charge in [0, 0.05) is 17.8 Å². The van der Waals surface area contributed by atoms with E-state index < -0.39 is 0 Å². The Labute approximate surface area is 156 Å². The molecule has 4 aromatic rings. The summed E-state index contributed by atoms with van der Waals surface area (Å²) in [5, 5.41) is 0.839. The summed E-state index contributed by atoms with van der Waals surface area (Å²) >= 11 is 5.71. The molecule has 4 rings (SSSR count). The maximum absolute atomic E-state index is 6.18. The Balaban J connectivity index is 1.90. The van der Waals surface area contributed by atoms with Crippen LogP contribution in [0.4, 0.5) is 5.82 Å². The second-order valence-corrected chi connectivity index (χ2v) is 6.15. The number of alkyl halides is 1. The van der Waals surface area contributed by atoms with Crippen LogP contribution in [-0.2, 0) is 0 Å². The van der Waals surface area contributed by atoms with Crippen molar-refractivity contribution in [1.29, 1.82) is 0 Å². The number of aromatic nitrogens is 3. The molecule has 0 aliphatic rings. The van der Waals surface area contributed by atoms with Gasteiger partial charge in [-0.25, -0.2) is 9.97 Å². The molecule has 0 saturated heterocycles. The zero-order chi connectivity index (χ0) is 17.9. The minimum Gasteiger partial charge on any atom is -0.492 e. The highest BCUT2D eigenvalue weighted by molar-refractivity contribution is 6.18. The van der Waals surface area contributed by atoms with Gasteiger partial charge in [0.1, 0.15) is 24.5 Å². The molecular weight excluding hydrogens is 348 g/mol. The summed E-state index contributed by atoms with van der Waals surface area (Å²) < 4.78 is 7.65. The number of hydrogen-bond acceptors (Lipinski definition) is 4. The third kappa shape index (κ3) is 2.97. The van der Waals surface area contributed by atoms with E-state index in [1.165, 1.54) is 6.33 Å².